The number of carbonyl (C=O) groups is 1. The van der Waals surface area contributed by atoms with Crippen LogP contribution in [0.4, 0.5) is 0 Å². The van der Waals surface area contributed by atoms with Crippen LogP contribution in [-0.4, -0.2) is 30.9 Å². The largest absolute Gasteiger partial charge is 0.481 e. The van der Waals surface area contributed by atoms with Crippen molar-refractivity contribution in [3.63, 3.8) is 0 Å². The predicted molar refractivity (Wildman–Crippen MR) is 34.8 cm³/mol. The van der Waals surface area contributed by atoms with Crippen LogP contribution in [-0.2, 0) is 18.4 Å². The molecule has 0 aromatic heterocycles. The van der Waals surface area contributed by atoms with E-state index in [1.807, 2.05) is 0 Å². The van der Waals surface area contributed by atoms with E-state index in [0.717, 1.165) is 0 Å². The fourth-order valence-electron chi connectivity index (χ4n) is 0.951. The monoisotopic (exact) mass is 178 g/mol. The van der Waals surface area contributed by atoms with Crippen LogP contribution >= 0.6 is 8.60 Å². The molecular formula is C5H7O5P. The first-order valence-electron chi connectivity index (χ1n) is 3.15. The van der Waals surface area contributed by atoms with Gasteiger partial charge in [0, 0.05) is 0 Å². The number of fused-ring (bicyclic) bond motifs is 3. The van der Waals surface area contributed by atoms with Gasteiger partial charge in [0.2, 0.25) is 0 Å². The third kappa shape index (κ3) is 1.05. The summed E-state index contributed by atoms with van der Waals surface area (Å²) in [5.41, 5.74) is -0.947. The molecular weight excluding hydrogens is 171 g/mol. The Labute approximate surface area is 64.2 Å². The molecule has 0 radical (unpaired) electrons. The third-order valence-electron chi connectivity index (χ3n) is 1.79. The lowest BCUT2D eigenvalue weighted by Gasteiger charge is -2.40. The molecule has 0 aromatic rings. The summed E-state index contributed by atoms with van der Waals surface area (Å²) in [5.74, 6) is -0.910. The molecule has 3 rings (SSSR count). The minimum Gasteiger partial charge on any atom is -0.481 e. The van der Waals surface area contributed by atoms with Crippen molar-refractivity contribution in [1.29, 1.82) is 0 Å². The second-order valence-corrected chi connectivity index (χ2v) is 3.85. The first kappa shape index (κ1) is 7.43. The molecule has 62 valence electrons. The standard InChI is InChI=1S/C5H7O5P/c6-4(7)5-1-8-11(9-2-5)10-3-5/h1-3H2,(H,6,7). The van der Waals surface area contributed by atoms with Gasteiger partial charge >= 0.3 is 14.6 Å². The van der Waals surface area contributed by atoms with Gasteiger partial charge in [-0.25, -0.2) is 0 Å². The van der Waals surface area contributed by atoms with E-state index >= 15 is 0 Å². The van der Waals surface area contributed by atoms with Crippen LogP contribution in [0.3, 0.4) is 0 Å². The molecule has 3 saturated heterocycles. The van der Waals surface area contributed by atoms with Crippen molar-refractivity contribution in [3.8, 4) is 0 Å². The Morgan fingerprint density at radius 3 is 2.00 bits per heavy atom. The van der Waals surface area contributed by atoms with E-state index in [1.54, 1.807) is 0 Å². The highest BCUT2D eigenvalue weighted by Gasteiger charge is 2.50. The molecule has 3 aliphatic heterocycles. The molecule has 3 heterocycles. The lowest BCUT2D eigenvalue weighted by Crippen LogP contribution is -2.49. The highest BCUT2D eigenvalue weighted by atomic mass is 31.2. The van der Waals surface area contributed by atoms with E-state index in [1.165, 1.54) is 0 Å². The Kier molecular flexibility index (Phi) is 1.61. The lowest BCUT2D eigenvalue weighted by molar-refractivity contribution is -0.166. The van der Waals surface area contributed by atoms with E-state index < -0.39 is 20.0 Å². The fourth-order valence-corrected chi connectivity index (χ4v) is 2.23. The number of hydrogen-bond donors (Lipinski definition) is 1. The van der Waals surface area contributed by atoms with Crippen molar-refractivity contribution in [1.82, 2.24) is 0 Å². The average molecular weight is 178 g/mol. The van der Waals surface area contributed by atoms with Gasteiger partial charge in [-0.2, -0.15) is 0 Å². The van der Waals surface area contributed by atoms with Crippen molar-refractivity contribution >= 4 is 14.6 Å². The maximum absolute atomic E-state index is 10.7. The Morgan fingerprint density at radius 1 is 1.27 bits per heavy atom. The highest BCUT2D eigenvalue weighted by Crippen LogP contribution is 2.53. The Hall–Kier alpha value is -0.220. The first-order chi connectivity index (χ1) is 5.23. The van der Waals surface area contributed by atoms with Gasteiger partial charge in [0.15, 0.2) is 0 Å². The SMILES string of the molecule is O=C(O)C12COP(OC1)OC2. The van der Waals surface area contributed by atoms with Gasteiger partial charge in [-0.15, -0.1) is 0 Å². The van der Waals surface area contributed by atoms with Gasteiger partial charge in [-0.1, -0.05) is 0 Å². The zero-order valence-corrected chi connectivity index (χ0v) is 6.54. The molecule has 0 aliphatic carbocycles. The average Bonchev–Trinajstić information content (AvgIpc) is 2.08. The number of rotatable bonds is 1. The van der Waals surface area contributed by atoms with E-state index in [9.17, 15) is 4.79 Å². The fraction of sp³-hybridized carbons (Fsp3) is 0.800. The molecule has 5 nitrogen and oxygen atoms in total. The van der Waals surface area contributed by atoms with Crippen LogP contribution < -0.4 is 0 Å². The smallest absolute Gasteiger partial charge is 0.332 e. The minimum absolute atomic E-state index is 0.216. The second-order valence-electron chi connectivity index (χ2n) is 2.63. The van der Waals surface area contributed by atoms with Crippen LogP contribution in [0.15, 0.2) is 0 Å². The Morgan fingerprint density at radius 2 is 1.73 bits per heavy atom. The van der Waals surface area contributed by atoms with Gasteiger partial charge in [0.1, 0.15) is 5.41 Å². The van der Waals surface area contributed by atoms with Gasteiger partial charge in [0.25, 0.3) is 0 Å². The van der Waals surface area contributed by atoms with Gasteiger partial charge in [-0.3, -0.25) is 4.79 Å². The molecule has 2 bridgehead atoms. The van der Waals surface area contributed by atoms with Crippen molar-refractivity contribution in [2.45, 2.75) is 0 Å². The molecule has 0 atom stereocenters. The quantitative estimate of drug-likeness (QED) is 0.587. The zero-order valence-electron chi connectivity index (χ0n) is 5.65. The molecule has 3 fully saturated rings. The van der Waals surface area contributed by atoms with Gasteiger partial charge in [-0.05, 0) is 0 Å². The summed E-state index contributed by atoms with van der Waals surface area (Å²) in [6.45, 7) is 0.649. The lowest BCUT2D eigenvalue weighted by atomic mass is 9.92. The number of aliphatic carboxylic acids is 1. The van der Waals surface area contributed by atoms with Gasteiger partial charge < -0.3 is 18.7 Å². The molecule has 0 saturated carbocycles. The second kappa shape index (κ2) is 2.38. The first-order valence-corrected chi connectivity index (χ1v) is 4.25. The van der Waals surface area contributed by atoms with Crippen LogP contribution in [0.5, 0.6) is 0 Å². The third-order valence-corrected chi connectivity index (χ3v) is 2.81. The zero-order chi connectivity index (χ0) is 7.90. The van der Waals surface area contributed by atoms with Crippen molar-refractivity contribution < 1.29 is 23.5 Å². The summed E-state index contributed by atoms with van der Waals surface area (Å²) < 4.78 is 14.9. The van der Waals surface area contributed by atoms with E-state index in [2.05, 4.69) is 0 Å². The summed E-state index contributed by atoms with van der Waals surface area (Å²) in [4.78, 5) is 10.7. The summed E-state index contributed by atoms with van der Waals surface area (Å²) >= 11 is 0. The molecule has 0 aromatic carbocycles. The number of carboxylic acids is 1. The van der Waals surface area contributed by atoms with Crippen molar-refractivity contribution in [3.05, 3.63) is 0 Å². The molecule has 0 spiro atoms. The molecule has 6 heteroatoms. The summed E-state index contributed by atoms with van der Waals surface area (Å²) in [7, 11) is -1.22. The maximum Gasteiger partial charge on any atom is 0.332 e. The highest BCUT2D eigenvalue weighted by molar-refractivity contribution is 7.41. The maximum atomic E-state index is 10.7. The van der Waals surface area contributed by atoms with E-state index in [4.69, 9.17) is 18.7 Å². The minimum atomic E-state index is -1.22. The van der Waals surface area contributed by atoms with Crippen molar-refractivity contribution in [2.24, 2.45) is 5.41 Å². The van der Waals surface area contributed by atoms with E-state index in [0.29, 0.717) is 0 Å². The Balaban J connectivity index is 2.18. The molecule has 3 aliphatic rings. The molecule has 0 amide bonds. The van der Waals surface area contributed by atoms with Crippen LogP contribution in [0.2, 0.25) is 0 Å². The van der Waals surface area contributed by atoms with Crippen LogP contribution in [0.25, 0.3) is 0 Å². The summed E-state index contributed by atoms with van der Waals surface area (Å²) in [5, 5.41) is 8.78. The normalized spacial score (nSPS) is 42.4. The molecule has 0 unspecified atom stereocenters. The van der Waals surface area contributed by atoms with Crippen molar-refractivity contribution in [2.75, 3.05) is 19.8 Å². The summed E-state index contributed by atoms with van der Waals surface area (Å²) in [6.07, 6.45) is 0. The van der Waals surface area contributed by atoms with E-state index in [-0.39, 0.29) is 19.8 Å². The molecule has 1 N–H and O–H groups in total. The summed E-state index contributed by atoms with van der Waals surface area (Å²) in [6, 6.07) is 0. The molecule has 11 heavy (non-hydrogen) atoms. The number of hydrogen-bond acceptors (Lipinski definition) is 4. The predicted octanol–water partition coefficient (Wildman–Crippen LogP) is 0.361. The van der Waals surface area contributed by atoms with Crippen LogP contribution in [0.1, 0.15) is 0 Å². The topological polar surface area (TPSA) is 65.0 Å². The van der Waals surface area contributed by atoms with Crippen LogP contribution in [0, 0.1) is 5.41 Å². The Bertz CT molecular complexity index is 172. The van der Waals surface area contributed by atoms with Gasteiger partial charge in [0.05, 0.1) is 19.8 Å². The number of carboxylic acid groups (broad SMARTS) is 1.